The van der Waals surface area contributed by atoms with Gasteiger partial charge in [0, 0.05) is 12.6 Å². The Morgan fingerprint density at radius 3 is 2.47 bits per heavy atom. The summed E-state index contributed by atoms with van der Waals surface area (Å²) >= 11 is 0. The number of hydrogen-bond acceptors (Lipinski definition) is 5. The molecule has 5 amide bonds. The van der Waals surface area contributed by atoms with E-state index in [1.807, 2.05) is 13.8 Å². The zero-order valence-corrected chi connectivity index (χ0v) is 17.9. The molecule has 1 unspecified atom stereocenters. The van der Waals surface area contributed by atoms with E-state index in [-0.39, 0.29) is 18.5 Å². The topological polar surface area (TPSA) is 119 Å². The number of nitrogens with one attached hydrogen (secondary N) is 2. The molecule has 2 saturated carbocycles. The zero-order chi connectivity index (χ0) is 21.9. The van der Waals surface area contributed by atoms with E-state index < -0.39 is 29.3 Å². The number of rotatable bonds is 8. The van der Waals surface area contributed by atoms with Crippen molar-refractivity contribution >= 4 is 24.3 Å². The maximum atomic E-state index is 13.5. The summed E-state index contributed by atoms with van der Waals surface area (Å²) in [6.07, 6.45) is 7.66. The average Bonchev–Trinajstić information content (AvgIpc) is 3.22. The lowest BCUT2D eigenvalue weighted by Crippen LogP contribution is -2.55. The quantitative estimate of drug-likeness (QED) is 0.312. The summed E-state index contributed by atoms with van der Waals surface area (Å²) in [6.45, 7) is 4.15. The van der Waals surface area contributed by atoms with Gasteiger partial charge < -0.3 is 10.2 Å². The van der Waals surface area contributed by atoms with E-state index in [9.17, 15) is 24.4 Å². The number of likely N-dealkylation sites (tertiary alicyclic amines) is 1. The molecule has 9 heteroatoms. The van der Waals surface area contributed by atoms with Crippen molar-refractivity contribution < 1.29 is 24.4 Å². The molecule has 9 nitrogen and oxygen atoms in total. The number of imide groups is 1. The third kappa shape index (κ3) is 5.50. The van der Waals surface area contributed by atoms with Crippen LogP contribution in [0.1, 0.15) is 65.2 Å². The van der Waals surface area contributed by atoms with Crippen LogP contribution in [0.2, 0.25) is 0 Å². The smallest absolute Gasteiger partial charge is 0.321 e. The lowest BCUT2D eigenvalue weighted by atomic mass is 9.83. The molecule has 0 bridgehead atoms. The highest BCUT2D eigenvalue weighted by molar-refractivity contribution is 5.99. The van der Waals surface area contributed by atoms with Crippen LogP contribution in [0.4, 0.5) is 4.79 Å². The van der Waals surface area contributed by atoms with Gasteiger partial charge >= 0.3 is 6.03 Å². The summed E-state index contributed by atoms with van der Waals surface area (Å²) in [5.74, 6) is -0.921. The maximum Gasteiger partial charge on any atom is 0.321 e. The number of carbonyl (C=O) groups excluding carboxylic acids is 4. The van der Waals surface area contributed by atoms with Crippen LogP contribution in [0.25, 0.3) is 0 Å². The van der Waals surface area contributed by atoms with Crippen LogP contribution in [-0.2, 0) is 14.4 Å². The summed E-state index contributed by atoms with van der Waals surface area (Å²) in [6, 6.07) is -1.17. The fourth-order valence-corrected chi connectivity index (χ4v) is 4.86. The largest absolute Gasteiger partial charge is 0.335 e. The predicted octanol–water partition coefficient (Wildman–Crippen LogP) is 1.65. The van der Waals surface area contributed by atoms with Gasteiger partial charge in [-0.05, 0) is 37.0 Å². The predicted molar refractivity (Wildman–Crippen MR) is 108 cm³/mol. The molecule has 1 saturated heterocycles. The van der Waals surface area contributed by atoms with Crippen molar-refractivity contribution in [3.8, 4) is 0 Å². The molecule has 0 spiro atoms. The second-order valence-corrected chi connectivity index (χ2v) is 9.72. The highest BCUT2D eigenvalue weighted by atomic mass is 16.5. The zero-order valence-electron chi connectivity index (χ0n) is 17.9. The fraction of sp³-hybridized carbons (Fsp3) is 0.810. The second-order valence-electron chi connectivity index (χ2n) is 9.72. The second kappa shape index (κ2) is 9.32. The monoisotopic (exact) mass is 422 g/mol. The van der Waals surface area contributed by atoms with Crippen molar-refractivity contribution in [2.24, 2.45) is 17.3 Å². The van der Waals surface area contributed by atoms with E-state index in [2.05, 4.69) is 10.6 Å². The highest BCUT2D eigenvalue weighted by Gasteiger charge is 2.49. The van der Waals surface area contributed by atoms with Crippen molar-refractivity contribution in [1.82, 2.24) is 20.6 Å². The molecule has 1 aliphatic heterocycles. The lowest BCUT2D eigenvalue weighted by molar-refractivity contribution is -0.158. The van der Waals surface area contributed by atoms with E-state index in [4.69, 9.17) is 0 Å². The third-order valence-electron chi connectivity index (χ3n) is 6.70. The lowest BCUT2D eigenvalue weighted by Gasteiger charge is -2.34. The molecular formula is C21H34N4O5. The molecule has 0 aromatic carbocycles. The van der Waals surface area contributed by atoms with E-state index in [1.54, 1.807) is 0 Å². The highest BCUT2D eigenvalue weighted by Crippen LogP contribution is 2.38. The van der Waals surface area contributed by atoms with Crippen molar-refractivity contribution in [2.45, 2.75) is 77.3 Å². The van der Waals surface area contributed by atoms with Gasteiger partial charge in [-0.2, -0.15) is 0 Å². The van der Waals surface area contributed by atoms with Crippen molar-refractivity contribution in [1.29, 1.82) is 0 Å². The van der Waals surface area contributed by atoms with E-state index >= 15 is 0 Å². The van der Waals surface area contributed by atoms with Gasteiger partial charge in [-0.15, -0.1) is 0 Å². The van der Waals surface area contributed by atoms with Crippen molar-refractivity contribution in [3.05, 3.63) is 0 Å². The number of hydroxylamine groups is 2. The first kappa shape index (κ1) is 22.5. The molecular weight excluding hydrogens is 388 g/mol. The van der Waals surface area contributed by atoms with Crippen LogP contribution in [0.3, 0.4) is 0 Å². The SMILES string of the molecule is CC1(C)CCN(C(=O)C(CC2CCCC2)CN(O)C=O)[C@@H]1C(=O)NC(=O)NC1CC1. The van der Waals surface area contributed by atoms with E-state index in [1.165, 1.54) is 4.90 Å². The first-order chi connectivity index (χ1) is 14.2. The van der Waals surface area contributed by atoms with Gasteiger partial charge in [0.2, 0.25) is 12.3 Å². The minimum absolute atomic E-state index is 0.0910. The molecule has 3 N–H and O–H groups in total. The summed E-state index contributed by atoms with van der Waals surface area (Å²) in [5.41, 5.74) is -0.485. The van der Waals surface area contributed by atoms with Crippen LogP contribution in [0.15, 0.2) is 0 Å². The molecule has 2 atom stereocenters. The summed E-state index contributed by atoms with van der Waals surface area (Å²) in [7, 11) is 0. The number of urea groups is 1. The molecule has 0 aromatic heterocycles. The van der Waals surface area contributed by atoms with Crippen LogP contribution in [-0.4, -0.2) is 64.6 Å². The summed E-state index contributed by atoms with van der Waals surface area (Å²) in [5, 5.41) is 15.4. The van der Waals surface area contributed by atoms with E-state index in [0.29, 0.717) is 36.8 Å². The Hall–Kier alpha value is -2.16. The van der Waals surface area contributed by atoms with Gasteiger partial charge in [0.1, 0.15) is 6.04 Å². The van der Waals surface area contributed by atoms with Crippen LogP contribution in [0, 0.1) is 17.3 Å². The van der Waals surface area contributed by atoms with Crippen LogP contribution < -0.4 is 10.6 Å². The molecule has 30 heavy (non-hydrogen) atoms. The Labute approximate surface area is 177 Å². The Bertz CT molecular complexity index is 672. The molecule has 3 fully saturated rings. The van der Waals surface area contributed by atoms with E-state index in [0.717, 1.165) is 38.5 Å². The van der Waals surface area contributed by atoms with Crippen molar-refractivity contribution in [3.63, 3.8) is 0 Å². The fourth-order valence-electron chi connectivity index (χ4n) is 4.86. The number of amides is 5. The standard InChI is InChI=1S/C21H34N4O5/c1-21(2)9-10-25(17(21)18(27)23-20(29)22-16-7-8-16)19(28)15(12-24(30)13-26)11-14-5-3-4-6-14/h13-17,30H,3-12H2,1-2H3,(H2,22,23,27,29)/t15?,17-/m1/s1. The third-order valence-corrected chi connectivity index (χ3v) is 6.70. The van der Waals surface area contributed by atoms with Gasteiger partial charge in [0.25, 0.3) is 5.91 Å². The first-order valence-electron chi connectivity index (χ1n) is 11.0. The Morgan fingerprint density at radius 1 is 1.20 bits per heavy atom. The van der Waals surface area contributed by atoms with Crippen LogP contribution >= 0.6 is 0 Å². The molecule has 3 rings (SSSR count). The van der Waals surface area contributed by atoms with Crippen molar-refractivity contribution in [2.75, 3.05) is 13.1 Å². The minimum Gasteiger partial charge on any atom is -0.335 e. The first-order valence-corrected chi connectivity index (χ1v) is 11.0. The molecule has 1 heterocycles. The van der Waals surface area contributed by atoms with Gasteiger partial charge in [-0.1, -0.05) is 39.5 Å². The molecule has 2 aliphatic carbocycles. The number of nitrogens with zero attached hydrogens (tertiary/aromatic N) is 2. The Kier molecular flexibility index (Phi) is 7.00. The van der Waals surface area contributed by atoms with Crippen LogP contribution in [0.5, 0.6) is 0 Å². The Morgan fingerprint density at radius 2 is 1.87 bits per heavy atom. The number of carbonyl (C=O) groups is 4. The van der Waals surface area contributed by atoms with Gasteiger partial charge in [0.15, 0.2) is 0 Å². The maximum absolute atomic E-state index is 13.5. The summed E-state index contributed by atoms with van der Waals surface area (Å²) < 4.78 is 0. The molecule has 168 valence electrons. The normalized spacial score (nSPS) is 24.4. The molecule has 0 aromatic rings. The molecule has 3 aliphatic rings. The number of hydrogen-bond donors (Lipinski definition) is 3. The minimum atomic E-state index is -0.774. The van der Waals surface area contributed by atoms with Gasteiger partial charge in [-0.3, -0.25) is 24.9 Å². The average molecular weight is 423 g/mol. The van der Waals surface area contributed by atoms with Gasteiger partial charge in [0.05, 0.1) is 12.5 Å². The molecule has 0 radical (unpaired) electrons. The Balaban J connectivity index is 1.72. The van der Waals surface area contributed by atoms with Gasteiger partial charge in [-0.25, -0.2) is 9.86 Å². The summed E-state index contributed by atoms with van der Waals surface area (Å²) in [4.78, 5) is 51.0.